The molecule has 6 atom stereocenters. The van der Waals surface area contributed by atoms with Gasteiger partial charge in [0.15, 0.2) is 0 Å². The highest BCUT2D eigenvalue weighted by Crippen LogP contribution is 2.49. The van der Waals surface area contributed by atoms with E-state index in [4.69, 9.17) is 0 Å². The fourth-order valence-corrected chi connectivity index (χ4v) is 7.09. The molecule has 1 aliphatic carbocycles. The Morgan fingerprint density at radius 2 is 1.75 bits per heavy atom. The van der Waals surface area contributed by atoms with Crippen molar-refractivity contribution >= 4 is 17.5 Å². The SMILES string of the molecule is CN1C=CCC1[C@@H]1Nc2ccccc2[C@H]2[C@@H]1CCN2C(=O)[C@H]1CCCC[C@H]1NC(=O)c1ccccc1. The second kappa shape index (κ2) is 9.64. The van der Waals surface area contributed by atoms with E-state index in [2.05, 4.69) is 64.0 Å². The van der Waals surface area contributed by atoms with E-state index in [9.17, 15) is 9.59 Å². The Labute approximate surface area is 213 Å². The molecule has 6 heteroatoms. The summed E-state index contributed by atoms with van der Waals surface area (Å²) in [5.41, 5.74) is 3.04. The summed E-state index contributed by atoms with van der Waals surface area (Å²) in [5.74, 6) is 0.344. The van der Waals surface area contributed by atoms with E-state index in [-0.39, 0.29) is 29.8 Å². The van der Waals surface area contributed by atoms with Gasteiger partial charge in [-0.3, -0.25) is 9.59 Å². The van der Waals surface area contributed by atoms with E-state index in [1.165, 1.54) is 5.56 Å². The van der Waals surface area contributed by atoms with E-state index in [0.717, 1.165) is 50.8 Å². The van der Waals surface area contributed by atoms with Gasteiger partial charge in [0, 0.05) is 36.8 Å². The van der Waals surface area contributed by atoms with Crippen LogP contribution in [-0.4, -0.2) is 53.3 Å². The van der Waals surface area contributed by atoms with Gasteiger partial charge in [-0.05, 0) is 55.6 Å². The van der Waals surface area contributed by atoms with Crippen molar-refractivity contribution in [2.24, 2.45) is 11.8 Å². The molecule has 6 rings (SSSR count). The molecule has 4 aliphatic rings. The van der Waals surface area contributed by atoms with Gasteiger partial charge < -0.3 is 20.4 Å². The summed E-state index contributed by atoms with van der Waals surface area (Å²) in [6.07, 6.45) is 10.2. The summed E-state index contributed by atoms with van der Waals surface area (Å²) in [7, 11) is 2.16. The maximum atomic E-state index is 14.2. The molecule has 36 heavy (non-hydrogen) atoms. The fraction of sp³-hybridized carbons (Fsp3) is 0.467. The minimum absolute atomic E-state index is 0.0800. The van der Waals surface area contributed by atoms with Crippen LogP contribution >= 0.6 is 0 Å². The van der Waals surface area contributed by atoms with Crippen LogP contribution in [0.2, 0.25) is 0 Å². The largest absolute Gasteiger partial charge is 0.380 e. The smallest absolute Gasteiger partial charge is 0.251 e. The molecule has 1 unspecified atom stereocenters. The van der Waals surface area contributed by atoms with Crippen LogP contribution in [0.1, 0.15) is 60.5 Å². The summed E-state index contributed by atoms with van der Waals surface area (Å²) >= 11 is 0. The first-order valence-corrected chi connectivity index (χ1v) is 13.5. The van der Waals surface area contributed by atoms with E-state index in [1.54, 1.807) is 0 Å². The Kier molecular flexibility index (Phi) is 6.20. The van der Waals surface area contributed by atoms with Crippen LogP contribution in [0.5, 0.6) is 0 Å². The third-order valence-electron chi connectivity index (χ3n) is 8.88. The van der Waals surface area contributed by atoms with Crippen molar-refractivity contribution in [3.05, 3.63) is 78.0 Å². The van der Waals surface area contributed by atoms with Crippen molar-refractivity contribution in [3.63, 3.8) is 0 Å². The lowest BCUT2D eigenvalue weighted by Crippen LogP contribution is -2.52. The molecule has 2 fully saturated rings. The quantitative estimate of drug-likeness (QED) is 0.667. The van der Waals surface area contributed by atoms with E-state index in [0.29, 0.717) is 23.6 Å². The molecule has 1 saturated heterocycles. The topological polar surface area (TPSA) is 64.7 Å². The van der Waals surface area contributed by atoms with Crippen molar-refractivity contribution in [1.82, 2.24) is 15.1 Å². The molecule has 0 spiro atoms. The molecule has 2 N–H and O–H groups in total. The van der Waals surface area contributed by atoms with Gasteiger partial charge in [-0.25, -0.2) is 0 Å². The first-order valence-electron chi connectivity index (χ1n) is 13.5. The highest BCUT2D eigenvalue weighted by molar-refractivity contribution is 5.94. The molecule has 2 aromatic carbocycles. The maximum absolute atomic E-state index is 14.2. The van der Waals surface area contributed by atoms with Crippen molar-refractivity contribution in [3.8, 4) is 0 Å². The number of anilines is 1. The number of amides is 2. The zero-order valence-corrected chi connectivity index (χ0v) is 21.0. The summed E-state index contributed by atoms with van der Waals surface area (Å²) < 4.78 is 0. The normalized spacial score (nSPS) is 30.9. The van der Waals surface area contributed by atoms with E-state index >= 15 is 0 Å². The third kappa shape index (κ3) is 4.06. The molecule has 3 heterocycles. The molecular formula is C30H36N4O2. The van der Waals surface area contributed by atoms with Crippen LogP contribution in [0.4, 0.5) is 5.69 Å². The average molecular weight is 485 g/mol. The van der Waals surface area contributed by atoms with Crippen molar-refractivity contribution in [2.75, 3.05) is 18.9 Å². The molecular weight excluding hydrogens is 448 g/mol. The number of para-hydroxylation sites is 1. The number of benzene rings is 2. The number of rotatable bonds is 4. The van der Waals surface area contributed by atoms with Crippen LogP contribution < -0.4 is 10.6 Å². The molecule has 0 aromatic heterocycles. The van der Waals surface area contributed by atoms with Gasteiger partial charge in [0.05, 0.1) is 24.0 Å². The number of fused-ring (bicyclic) bond motifs is 3. The van der Waals surface area contributed by atoms with E-state index in [1.807, 2.05) is 30.3 Å². The predicted molar refractivity (Wildman–Crippen MR) is 141 cm³/mol. The Hall–Kier alpha value is -3.28. The lowest BCUT2D eigenvalue weighted by atomic mass is 9.78. The monoisotopic (exact) mass is 484 g/mol. The Morgan fingerprint density at radius 1 is 0.972 bits per heavy atom. The number of nitrogens with one attached hydrogen (secondary N) is 2. The first-order chi connectivity index (χ1) is 17.6. The van der Waals surface area contributed by atoms with Crippen LogP contribution in [0.15, 0.2) is 66.9 Å². The van der Waals surface area contributed by atoms with Gasteiger partial charge in [0.1, 0.15) is 0 Å². The Balaban J connectivity index is 1.26. The van der Waals surface area contributed by atoms with Gasteiger partial charge in [0.2, 0.25) is 5.91 Å². The van der Waals surface area contributed by atoms with Crippen LogP contribution in [-0.2, 0) is 4.79 Å². The average Bonchev–Trinajstić information content (AvgIpc) is 3.55. The van der Waals surface area contributed by atoms with Crippen molar-refractivity contribution in [1.29, 1.82) is 0 Å². The second-order valence-corrected chi connectivity index (χ2v) is 10.9. The third-order valence-corrected chi connectivity index (χ3v) is 8.88. The lowest BCUT2D eigenvalue weighted by molar-refractivity contribution is -0.139. The summed E-state index contributed by atoms with van der Waals surface area (Å²) in [6, 6.07) is 18.5. The number of hydrogen-bond acceptors (Lipinski definition) is 4. The second-order valence-electron chi connectivity index (χ2n) is 10.9. The van der Waals surface area contributed by atoms with Crippen LogP contribution in [0.25, 0.3) is 0 Å². The highest BCUT2D eigenvalue weighted by atomic mass is 16.2. The van der Waals surface area contributed by atoms with E-state index < -0.39 is 0 Å². The zero-order chi connectivity index (χ0) is 24.6. The first kappa shape index (κ1) is 23.1. The molecule has 3 aliphatic heterocycles. The molecule has 6 nitrogen and oxygen atoms in total. The van der Waals surface area contributed by atoms with Gasteiger partial charge in [-0.1, -0.05) is 55.3 Å². The number of nitrogens with zero attached hydrogens (tertiary/aromatic N) is 2. The van der Waals surface area contributed by atoms with Gasteiger partial charge >= 0.3 is 0 Å². The van der Waals surface area contributed by atoms with Crippen molar-refractivity contribution < 1.29 is 9.59 Å². The minimum Gasteiger partial charge on any atom is -0.380 e. The molecule has 0 radical (unpaired) electrons. The molecule has 2 aromatic rings. The number of hydrogen-bond donors (Lipinski definition) is 2. The number of carbonyl (C=O) groups is 2. The zero-order valence-electron chi connectivity index (χ0n) is 21.0. The van der Waals surface area contributed by atoms with Gasteiger partial charge in [0.25, 0.3) is 5.91 Å². The van der Waals surface area contributed by atoms with Gasteiger partial charge in [-0.15, -0.1) is 0 Å². The standard InChI is InChI=1S/C30H36N4O2/c1-33-18-9-16-26(33)27-23-17-19-34(28(23)21-12-5-7-14-24(21)31-27)30(36)22-13-6-8-15-25(22)32-29(35)20-10-3-2-4-11-20/h2-5,7,9-12,14,18,22-23,25-28,31H,6,8,13,15-17,19H2,1H3,(H,32,35)/t22-,23+,25+,26?,27+,28-/m0/s1. The maximum Gasteiger partial charge on any atom is 0.251 e. The summed E-state index contributed by atoms with van der Waals surface area (Å²) in [5, 5.41) is 7.08. The number of carbonyl (C=O) groups excluding carboxylic acids is 2. The lowest BCUT2D eigenvalue weighted by Gasteiger charge is -2.45. The minimum atomic E-state index is -0.165. The molecule has 1 saturated carbocycles. The predicted octanol–water partition coefficient (Wildman–Crippen LogP) is 4.58. The van der Waals surface area contributed by atoms with Crippen molar-refractivity contribution in [2.45, 2.75) is 62.7 Å². The van der Waals surface area contributed by atoms with Crippen LogP contribution in [0.3, 0.4) is 0 Å². The highest BCUT2D eigenvalue weighted by Gasteiger charge is 2.50. The Morgan fingerprint density at radius 3 is 2.56 bits per heavy atom. The fourth-order valence-electron chi connectivity index (χ4n) is 7.09. The van der Waals surface area contributed by atoms with Gasteiger partial charge in [-0.2, -0.15) is 0 Å². The summed E-state index contributed by atoms with van der Waals surface area (Å²) in [6.45, 7) is 0.778. The molecule has 188 valence electrons. The molecule has 2 amide bonds. The summed E-state index contributed by atoms with van der Waals surface area (Å²) in [4.78, 5) is 31.7. The van der Waals surface area contributed by atoms with Crippen LogP contribution in [0, 0.1) is 11.8 Å². The number of likely N-dealkylation sites (N-methyl/N-ethyl adjacent to an activating group) is 1. The Bertz CT molecular complexity index is 1150. The number of likely N-dealkylation sites (tertiary alicyclic amines) is 1. The molecule has 0 bridgehead atoms.